The van der Waals surface area contributed by atoms with Crippen LogP contribution in [0.3, 0.4) is 0 Å². The number of pyridine rings is 1. The van der Waals surface area contributed by atoms with Gasteiger partial charge in [-0.2, -0.15) is 0 Å². The number of amides is 1. The van der Waals surface area contributed by atoms with Crippen molar-refractivity contribution in [1.29, 1.82) is 0 Å². The second kappa shape index (κ2) is 9.14. The molecule has 1 unspecified atom stereocenters. The van der Waals surface area contributed by atoms with Crippen LogP contribution in [0.1, 0.15) is 13.8 Å². The van der Waals surface area contributed by atoms with E-state index in [1.807, 2.05) is 50.8 Å². The number of carbonyl (C=O) groups excluding carboxylic acids is 1. The number of nitrogens with one attached hydrogen (secondary N) is 1. The molecule has 1 atom stereocenters. The van der Waals surface area contributed by atoms with Gasteiger partial charge < -0.3 is 14.9 Å². The molecule has 26 heavy (non-hydrogen) atoms. The molecule has 1 amide bonds. The van der Waals surface area contributed by atoms with Gasteiger partial charge in [-0.3, -0.25) is 9.78 Å². The van der Waals surface area contributed by atoms with Crippen LogP contribution in [0.25, 0.3) is 10.9 Å². The Balaban J connectivity index is 2.14. The first-order valence-electron chi connectivity index (χ1n) is 7.91. The molecule has 0 radical (unpaired) electrons. The lowest BCUT2D eigenvalue weighted by molar-refractivity contribution is -0.125. The van der Waals surface area contributed by atoms with E-state index in [1.54, 1.807) is 11.8 Å². The molecule has 0 saturated carbocycles. The molecule has 1 N–H and O–H groups in total. The number of nitrogens with zero attached hydrogens (tertiary/aromatic N) is 2. The lowest BCUT2D eigenvalue weighted by Gasteiger charge is -2.24. The van der Waals surface area contributed by atoms with Gasteiger partial charge in [0.05, 0.1) is 17.3 Å². The largest absolute Gasteiger partial charge is 0.470 e. The van der Waals surface area contributed by atoms with Crippen molar-refractivity contribution in [1.82, 2.24) is 10.3 Å². The van der Waals surface area contributed by atoms with Crippen LogP contribution < -0.4 is 10.1 Å². The maximum absolute atomic E-state index is 12.5. The summed E-state index contributed by atoms with van der Waals surface area (Å²) in [5, 5.41) is 7.58. The fourth-order valence-corrected chi connectivity index (χ4v) is 3.08. The third kappa shape index (κ3) is 5.54. The topological polar surface area (TPSA) is 72.8 Å². The van der Waals surface area contributed by atoms with Crippen molar-refractivity contribution in [2.45, 2.75) is 29.7 Å². The van der Waals surface area contributed by atoms with Gasteiger partial charge in [-0.15, -0.1) is 23.5 Å². The molecule has 2 rings (SSSR count). The quantitative estimate of drug-likeness (QED) is 0.320. The monoisotopic (exact) mass is 393 g/mol. The van der Waals surface area contributed by atoms with Crippen LogP contribution in [-0.2, 0) is 9.63 Å². The van der Waals surface area contributed by atoms with Crippen LogP contribution in [0, 0.1) is 0 Å². The predicted octanol–water partition coefficient (Wildman–Crippen LogP) is 3.55. The van der Waals surface area contributed by atoms with Gasteiger partial charge in [0.25, 0.3) is 5.91 Å². The van der Waals surface area contributed by atoms with Gasteiger partial charge in [-0.25, -0.2) is 0 Å². The fraction of sp³-hybridized carbons (Fsp3) is 0.389. The molecule has 0 spiro atoms. The van der Waals surface area contributed by atoms with Gasteiger partial charge in [0, 0.05) is 16.5 Å². The number of fused-ring (bicyclic) bond motifs is 1. The molecule has 1 heterocycles. The van der Waals surface area contributed by atoms with E-state index in [0.717, 1.165) is 15.8 Å². The number of thioether (sulfide) groups is 2. The zero-order valence-electron chi connectivity index (χ0n) is 15.5. The Morgan fingerprint density at radius 3 is 2.77 bits per heavy atom. The van der Waals surface area contributed by atoms with Gasteiger partial charge in [0.1, 0.15) is 12.9 Å². The van der Waals surface area contributed by atoms with Gasteiger partial charge in [0.15, 0.2) is 0 Å². The average Bonchev–Trinajstić information content (AvgIpc) is 2.63. The highest BCUT2D eigenvalue weighted by molar-refractivity contribution is 7.99. The van der Waals surface area contributed by atoms with E-state index in [4.69, 9.17) is 4.74 Å². The van der Waals surface area contributed by atoms with Crippen molar-refractivity contribution in [3.05, 3.63) is 30.5 Å². The number of oxime groups is 1. The minimum Gasteiger partial charge on any atom is -0.470 e. The standard InChI is InChI=1S/C18H23N3O3S2/c1-18(2,11-20-23-3)21-16(22)17(26-5)24-13-6-7-15-12(8-13)9-14(25-4)10-19-15/h6-11,17H,1-5H3,(H,21,22). The highest BCUT2D eigenvalue weighted by atomic mass is 32.2. The van der Waals surface area contributed by atoms with Crippen molar-refractivity contribution < 1.29 is 14.4 Å². The molecule has 0 aliphatic heterocycles. The normalized spacial score (nSPS) is 13.0. The smallest absolute Gasteiger partial charge is 0.272 e. The zero-order valence-corrected chi connectivity index (χ0v) is 17.1. The van der Waals surface area contributed by atoms with E-state index in [9.17, 15) is 4.79 Å². The summed E-state index contributed by atoms with van der Waals surface area (Å²) in [4.78, 5) is 22.7. The summed E-state index contributed by atoms with van der Waals surface area (Å²) in [6, 6.07) is 7.66. The molecule has 0 fully saturated rings. The number of hydrogen-bond donors (Lipinski definition) is 1. The fourth-order valence-electron chi connectivity index (χ4n) is 2.20. The average molecular weight is 394 g/mol. The molecule has 8 heteroatoms. The van der Waals surface area contributed by atoms with E-state index in [0.29, 0.717) is 5.75 Å². The number of hydrogen-bond acceptors (Lipinski definition) is 7. The van der Waals surface area contributed by atoms with E-state index in [1.165, 1.54) is 25.1 Å². The highest BCUT2D eigenvalue weighted by Crippen LogP contribution is 2.25. The lowest BCUT2D eigenvalue weighted by atomic mass is 10.1. The van der Waals surface area contributed by atoms with Crippen LogP contribution in [0.4, 0.5) is 0 Å². The minimum atomic E-state index is -0.681. The van der Waals surface area contributed by atoms with Crippen molar-refractivity contribution in [3.8, 4) is 5.75 Å². The van der Waals surface area contributed by atoms with E-state index in [2.05, 4.69) is 26.4 Å². The molecule has 0 saturated heterocycles. The number of rotatable bonds is 8. The lowest BCUT2D eigenvalue weighted by Crippen LogP contribution is -2.49. The first-order chi connectivity index (χ1) is 12.4. The van der Waals surface area contributed by atoms with Crippen LogP contribution in [0.5, 0.6) is 5.75 Å². The molecule has 1 aromatic carbocycles. The van der Waals surface area contributed by atoms with Gasteiger partial charge in [0.2, 0.25) is 5.44 Å². The Kier molecular flexibility index (Phi) is 7.16. The maximum atomic E-state index is 12.5. The Morgan fingerprint density at radius 1 is 1.35 bits per heavy atom. The minimum absolute atomic E-state index is 0.235. The third-order valence-electron chi connectivity index (χ3n) is 3.46. The summed E-state index contributed by atoms with van der Waals surface area (Å²) < 4.78 is 5.90. The first kappa shape index (κ1) is 20.4. The molecular weight excluding hydrogens is 370 g/mol. The molecule has 6 nitrogen and oxygen atoms in total. The van der Waals surface area contributed by atoms with Gasteiger partial charge >= 0.3 is 0 Å². The summed E-state index contributed by atoms with van der Waals surface area (Å²) in [6.07, 6.45) is 7.21. The Morgan fingerprint density at radius 2 is 2.12 bits per heavy atom. The zero-order chi connectivity index (χ0) is 19.2. The third-order valence-corrected chi connectivity index (χ3v) is 4.89. The van der Waals surface area contributed by atoms with Crippen molar-refractivity contribution in [2.24, 2.45) is 5.16 Å². The Bertz CT molecular complexity index is 796. The molecule has 0 aliphatic carbocycles. The Labute approximate surface area is 162 Å². The first-order valence-corrected chi connectivity index (χ1v) is 10.4. The SMILES string of the molecule is CON=CC(C)(C)NC(=O)C(Oc1ccc2ncc(SC)cc2c1)SC. The van der Waals surface area contributed by atoms with Crippen molar-refractivity contribution in [3.63, 3.8) is 0 Å². The van der Waals surface area contributed by atoms with Crippen molar-refractivity contribution >= 4 is 46.5 Å². The summed E-state index contributed by atoms with van der Waals surface area (Å²) in [7, 11) is 1.46. The number of benzene rings is 1. The summed E-state index contributed by atoms with van der Waals surface area (Å²) in [6.45, 7) is 3.66. The van der Waals surface area contributed by atoms with E-state index < -0.39 is 11.0 Å². The number of aromatic nitrogens is 1. The second-order valence-corrected chi connectivity index (χ2v) is 7.82. The molecule has 0 bridgehead atoms. The van der Waals surface area contributed by atoms with E-state index in [-0.39, 0.29) is 5.91 Å². The summed E-state index contributed by atoms with van der Waals surface area (Å²) >= 11 is 2.95. The molecule has 0 aliphatic rings. The molecule has 2 aromatic rings. The van der Waals surface area contributed by atoms with Crippen LogP contribution in [0.15, 0.2) is 40.5 Å². The predicted molar refractivity (Wildman–Crippen MR) is 109 cm³/mol. The second-order valence-electron chi connectivity index (χ2n) is 6.04. The Hall–Kier alpha value is -1.93. The molecule has 1 aromatic heterocycles. The highest BCUT2D eigenvalue weighted by Gasteiger charge is 2.26. The van der Waals surface area contributed by atoms with Crippen LogP contribution in [0.2, 0.25) is 0 Å². The number of ether oxygens (including phenoxy) is 1. The van der Waals surface area contributed by atoms with Crippen LogP contribution >= 0.6 is 23.5 Å². The van der Waals surface area contributed by atoms with Gasteiger partial charge in [-0.05, 0) is 50.6 Å². The maximum Gasteiger partial charge on any atom is 0.272 e. The number of carbonyl (C=O) groups is 1. The summed E-state index contributed by atoms with van der Waals surface area (Å²) in [5.74, 6) is 0.386. The van der Waals surface area contributed by atoms with Crippen LogP contribution in [-0.4, -0.2) is 47.7 Å². The molecular formula is C18H23N3O3S2. The van der Waals surface area contributed by atoms with E-state index >= 15 is 0 Å². The van der Waals surface area contributed by atoms with Crippen molar-refractivity contribution in [2.75, 3.05) is 19.6 Å². The van der Waals surface area contributed by atoms with Gasteiger partial charge in [-0.1, -0.05) is 5.16 Å². The summed E-state index contributed by atoms with van der Waals surface area (Å²) in [5.41, 5.74) is -0.443. The molecule has 140 valence electrons.